The van der Waals surface area contributed by atoms with E-state index in [2.05, 4.69) is 6.58 Å². The van der Waals surface area contributed by atoms with Crippen molar-refractivity contribution in [1.29, 1.82) is 0 Å². The maximum Gasteiger partial charge on any atom is 0.335 e. The largest absolute Gasteiger partial charge is 0.433 e. The fraction of sp³-hybridized carbons (Fsp3) is 0.625. The summed E-state index contributed by atoms with van der Waals surface area (Å²) < 4.78 is 29.9. The minimum atomic E-state index is -2.45. The average Bonchev–Trinajstić information content (AvgIpc) is 2.02. The van der Waals surface area contributed by atoms with Gasteiger partial charge in [0.25, 0.3) is 0 Å². The third-order valence-electron chi connectivity index (χ3n) is 1.25. The molecule has 0 aliphatic rings. The Morgan fingerprint density at radius 1 is 1.50 bits per heavy atom. The summed E-state index contributed by atoms with van der Waals surface area (Å²) in [5.41, 5.74) is 0.273. The molecule has 0 N–H and O–H groups in total. The number of carbonyl (C=O) groups is 1. The van der Waals surface area contributed by atoms with Gasteiger partial charge in [0.2, 0.25) is 6.29 Å². The van der Waals surface area contributed by atoms with Crippen LogP contribution < -0.4 is 0 Å². The molecule has 1 atom stereocenters. The molecule has 0 amide bonds. The Labute approximate surface area is 82.9 Å². The summed E-state index contributed by atoms with van der Waals surface area (Å²) >= 11 is 0. The summed E-state index contributed by atoms with van der Waals surface area (Å²) in [5, 5.41) is 0. The Balaban J connectivity index is 3.70. The van der Waals surface area contributed by atoms with E-state index in [9.17, 15) is 13.9 Å². The molecular formula is C8H13O5P. The van der Waals surface area contributed by atoms with E-state index in [1.807, 2.05) is 0 Å². The van der Waals surface area contributed by atoms with Crippen LogP contribution in [0.5, 0.6) is 0 Å². The maximum absolute atomic E-state index is 10.9. The van der Waals surface area contributed by atoms with Gasteiger partial charge in [0.05, 0.1) is 12.8 Å². The lowest BCUT2D eigenvalue weighted by molar-refractivity contribution is -0.168. The molecule has 0 spiro atoms. The van der Waals surface area contributed by atoms with Gasteiger partial charge in [0, 0.05) is 5.57 Å². The van der Waals surface area contributed by atoms with Gasteiger partial charge in [-0.1, -0.05) is 6.58 Å². The highest BCUT2D eigenvalue weighted by Crippen LogP contribution is 2.04. The highest BCUT2D eigenvalue weighted by Gasteiger charge is 2.09. The van der Waals surface area contributed by atoms with Crippen LogP contribution in [0.15, 0.2) is 12.2 Å². The summed E-state index contributed by atoms with van der Waals surface area (Å²) in [6.45, 7) is 6.44. The lowest BCUT2D eigenvalue weighted by Gasteiger charge is -2.12. The lowest BCUT2D eigenvalue weighted by atomic mass is 10.4. The topological polar surface area (TPSA) is 69.7 Å². The second kappa shape index (κ2) is 6.51. The van der Waals surface area contributed by atoms with Crippen LogP contribution in [0, 0.1) is 0 Å². The van der Waals surface area contributed by atoms with Crippen molar-refractivity contribution in [2.24, 2.45) is 0 Å². The van der Waals surface area contributed by atoms with Crippen molar-refractivity contribution in [3.63, 3.8) is 0 Å². The molecule has 0 saturated carbocycles. The first-order valence-electron chi connectivity index (χ1n) is 4.03. The lowest BCUT2D eigenvalue weighted by Crippen LogP contribution is -2.19. The van der Waals surface area contributed by atoms with Crippen LogP contribution in [0.1, 0.15) is 13.8 Å². The molecule has 0 aromatic carbocycles. The van der Waals surface area contributed by atoms with Crippen molar-refractivity contribution in [3.05, 3.63) is 12.2 Å². The van der Waals surface area contributed by atoms with E-state index in [0.29, 0.717) is 0 Å². The first kappa shape index (κ1) is 13.1. The van der Waals surface area contributed by atoms with Crippen LogP contribution in [0.4, 0.5) is 0 Å². The standard InChI is InChI=1S/C8H13O5P/c1-6(2)8(9)13-7(3)12-4-5-14(10)11/h7H,1,4-5H2,2-3H3. The Bertz CT molecular complexity index is 273. The van der Waals surface area contributed by atoms with Gasteiger partial charge in [-0.25, -0.2) is 13.9 Å². The van der Waals surface area contributed by atoms with Crippen LogP contribution in [0.25, 0.3) is 0 Å². The summed E-state index contributed by atoms with van der Waals surface area (Å²) in [7, 11) is -2.45. The first-order valence-corrected chi connectivity index (χ1v) is 5.39. The van der Waals surface area contributed by atoms with E-state index >= 15 is 0 Å². The first-order chi connectivity index (χ1) is 6.43. The minimum Gasteiger partial charge on any atom is -0.433 e. The van der Waals surface area contributed by atoms with Gasteiger partial charge in [0.1, 0.15) is 0 Å². The quantitative estimate of drug-likeness (QED) is 0.294. The summed E-state index contributed by atoms with van der Waals surface area (Å²) in [6, 6.07) is 0. The fourth-order valence-corrected chi connectivity index (χ4v) is 0.833. The molecule has 80 valence electrons. The summed E-state index contributed by atoms with van der Waals surface area (Å²) in [4.78, 5) is 10.9. The van der Waals surface area contributed by atoms with Gasteiger partial charge in [-0.15, -0.1) is 0 Å². The van der Waals surface area contributed by atoms with Gasteiger partial charge in [-0.05, 0) is 13.8 Å². The number of hydrogen-bond acceptors (Lipinski definition) is 5. The molecule has 0 aromatic rings. The molecule has 5 nitrogen and oxygen atoms in total. The van der Waals surface area contributed by atoms with E-state index in [1.165, 1.54) is 13.8 Å². The molecule has 0 bridgehead atoms. The van der Waals surface area contributed by atoms with Gasteiger partial charge < -0.3 is 9.47 Å². The van der Waals surface area contributed by atoms with Crippen molar-refractivity contribution < 1.29 is 23.4 Å². The minimum absolute atomic E-state index is 0.0172. The van der Waals surface area contributed by atoms with Crippen LogP contribution in [-0.4, -0.2) is 25.0 Å². The Kier molecular flexibility index (Phi) is 6.08. The van der Waals surface area contributed by atoms with Crippen molar-refractivity contribution >= 4 is 13.6 Å². The zero-order chi connectivity index (χ0) is 11.1. The predicted octanol–water partition coefficient (Wildman–Crippen LogP) is 1.64. The SMILES string of the molecule is C=C(C)C(=O)OC(C)OCCP(=O)=O. The molecular weight excluding hydrogens is 207 g/mol. The second-order valence-corrected chi connectivity index (χ2v) is 3.79. The zero-order valence-corrected chi connectivity index (χ0v) is 9.08. The summed E-state index contributed by atoms with van der Waals surface area (Å²) in [6.07, 6.45) is -0.834. The molecule has 0 saturated heterocycles. The highest BCUT2D eigenvalue weighted by molar-refractivity contribution is 7.30. The molecule has 0 heterocycles. The van der Waals surface area contributed by atoms with Gasteiger partial charge >= 0.3 is 13.6 Å². The second-order valence-electron chi connectivity index (χ2n) is 2.68. The Morgan fingerprint density at radius 3 is 2.50 bits per heavy atom. The molecule has 1 unspecified atom stereocenters. The number of ether oxygens (including phenoxy) is 2. The average molecular weight is 220 g/mol. The van der Waals surface area contributed by atoms with E-state index in [0.717, 1.165) is 0 Å². The number of esters is 1. The molecule has 0 radical (unpaired) electrons. The number of rotatable bonds is 6. The molecule has 0 aliphatic heterocycles. The zero-order valence-electron chi connectivity index (χ0n) is 8.19. The third kappa shape index (κ3) is 6.57. The highest BCUT2D eigenvalue weighted by atomic mass is 31.1. The van der Waals surface area contributed by atoms with Crippen LogP contribution in [0.2, 0.25) is 0 Å². The Morgan fingerprint density at radius 2 is 2.07 bits per heavy atom. The molecule has 0 rings (SSSR count). The fourth-order valence-electron chi connectivity index (χ4n) is 0.579. The predicted molar refractivity (Wildman–Crippen MR) is 49.5 cm³/mol. The van der Waals surface area contributed by atoms with Crippen LogP contribution in [0.3, 0.4) is 0 Å². The van der Waals surface area contributed by atoms with Crippen molar-refractivity contribution in [2.75, 3.05) is 12.8 Å². The molecule has 0 aromatic heterocycles. The van der Waals surface area contributed by atoms with Crippen molar-refractivity contribution in [1.82, 2.24) is 0 Å². The van der Waals surface area contributed by atoms with Crippen molar-refractivity contribution in [3.8, 4) is 0 Å². The molecule has 0 fully saturated rings. The van der Waals surface area contributed by atoms with E-state index < -0.39 is 19.9 Å². The van der Waals surface area contributed by atoms with Crippen LogP contribution in [-0.2, 0) is 23.4 Å². The normalized spacial score (nSPS) is 11.9. The maximum atomic E-state index is 10.9. The van der Waals surface area contributed by atoms with Gasteiger partial charge in [-0.3, -0.25) is 0 Å². The molecule has 0 aliphatic carbocycles. The number of carbonyl (C=O) groups excluding carboxylic acids is 1. The number of hydrogen-bond donors (Lipinski definition) is 0. The van der Waals surface area contributed by atoms with Gasteiger partial charge in [0.15, 0.2) is 0 Å². The smallest absolute Gasteiger partial charge is 0.335 e. The molecule has 6 heteroatoms. The van der Waals surface area contributed by atoms with Gasteiger partial charge in [-0.2, -0.15) is 0 Å². The van der Waals surface area contributed by atoms with Crippen LogP contribution >= 0.6 is 7.68 Å². The monoisotopic (exact) mass is 220 g/mol. The molecule has 14 heavy (non-hydrogen) atoms. The Hall–Kier alpha value is -0.930. The van der Waals surface area contributed by atoms with E-state index in [4.69, 9.17) is 9.47 Å². The van der Waals surface area contributed by atoms with Crippen molar-refractivity contribution in [2.45, 2.75) is 20.1 Å². The van der Waals surface area contributed by atoms with E-state index in [-0.39, 0.29) is 18.3 Å². The summed E-state index contributed by atoms with van der Waals surface area (Å²) in [5.74, 6) is -0.552. The third-order valence-corrected chi connectivity index (χ3v) is 1.80. The van der Waals surface area contributed by atoms with E-state index in [1.54, 1.807) is 0 Å².